The van der Waals surface area contributed by atoms with Crippen molar-refractivity contribution in [3.8, 4) is 0 Å². The molecule has 0 amide bonds. The van der Waals surface area contributed by atoms with E-state index in [4.69, 9.17) is 9.16 Å². The van der Waals surface area contributed by atoms with Gasteiger partial charge in [-0.2, -0.15) is 0 Å². The van der Waals surface area contributed by atoms with Crippen LogP contribution in [0.15, 0.2) is 12.2 Å². The Balaban J connectivity index is 4.41. The first-order valence-electron chi connectivity index (χ1n) is 7.01. The number of carbonyl (C=O) groups excluding carboxylic acids is 2. The third kappa shape index (κ3) is 6.05. The largest absolute Gasteiger partial charge is 0.516 e. The van der Waals surface area contributed by atoms with Gasteiger partial charge < -0.3 is 9.16 Å². The topological polar surface area (TPSA) is 52.6 Å². The van der Waals surface area contributed by atoms with Gasteiger partial charge in [0, 0.05) is 5.57 Å². The van der Waals surface area contributed by atoms with Crippen molar-refractivity contribution in [3.05, 3.63) is 12.2 Å². The van der Waals surface area contributed by atoms with E-state index in [0.717, 1.165) is 24.6 Å². The quantitative estimate of drug-likeness (QED) is 0.370. The maximum atomic E-state index is 11.9. The first-order valence-corrected chi connectivity index (χ1v) is 9.54. The Morgan fingerprint density at radius 1 is 1.05 bits per heavy atom. The maximum Gasteiger partial charge on any atom is 0.320 e. The van der Waals surface area contributed by atoms with E-state index in [1.165, 1.54) is 0 Å². The molecule has 4 nitrogen and oxygen atoms in total. The van der Waals surface area contributed by atoms with Gasteiger partial charge in [-0.25, -0.2) is 4.79 Å². The number of hydrogen-bond donors (Lipinski definition) is 0. The summed E-state index contributed by atoms with van der Waals surface area (Å²) >= 11 is 0. The second-order valence-corrected chi connectivity index (χ2v) is 9.33. The van der Waals surface area contributed by atoms with Gasteiger partial charge in [-0.15, -0.1) is 0 Å². The van der Waals surface area contributed by atoms with Crippen molar-refractivity contribution in [1.29, 1.82) is 0 Å². The summed E-state index contributed by atoms with van der Waals surface area (Å²) in [6.45, 7) is 12.1. The summed E-state index contributed by atoms with van der Waals surface area (Å²) in [5.41, 5.74) is 0.188. The summed E-state index contributed by atoms with van der Waals surface area (Å²) in [6, 6.07) is 2.66. The molecule has 0 saturated heterocycles. The van der Waals surface area contributed by atoms with Crippen LogP contribution in [0.5, 0.6) is 0 Å². The maximum absolute atomic E-state index is 11.9. The van der Waals surface area contributed by atoms with Gasteiger partial charge in [-0.05, 0) is 24.6 Å². The van der Waals surface area contributed by atoms with Crippen LogP contribution < -0.4 is 0 Å². The lowest BCUT2D eigenvalue weighted by Gasteiger charge is -2.27. The standard InChI is InChI=1S/C14H26O4Si/c1-6-10-17-13(15)11-12(5)14(16)18-19(7-2,8-3)9-4/h5-11H2,1-4H3. The van der Waals surface area contributed by atoms with E-state index in [1.807, 2.05) is 27.7 Å². The normalized spacial score (nSPS) is 10.9. The molecule has 0 bridgehead atoms. The minimum Gasteiger partial charge on any atom is -0.516 e. The van der Waals surface area contributed by atoms with Crippen molar-refractivity contribution in [3.63, 3.8) is 0 Å². The summed E-state index contributed by atoms with van der Waals surface area (Å²) < 4.78 is 10.6. The number of rotatable bonds is 9. The fourth-order valence-electron chi connectivity index (χ4n) is 1.75. The van der Waals surface area contributed by atoms with E-state index < -0.39 is 20.3 Å². The summed E-state index contributed by atoms with van der Waals surface area (Å²) in [5, 5.41) is 0. The van der Waals surface area contributed by atoms with Crippen LogP contribution in [-0.2, 0) is 18.8 Å². The number of esters is 1. The van der Waals surface area contributed by atoms with Crippen LogP contribution in [-0.4, -0.2) is 26.9 Å². The number of carbonyl (C=O) groups is 2. The molecule has 0 aromatic carbocycles. The SMILES string of the molecule is C=C(CC(=O)OCCC)C(=O)O[Si](CC)(CC)CC. The Morgan fingerprint density at radius 3 is 2.00 bits per heavy atom. The highest BCUT2D eigenvalue weighted by Crippen LogP contribution is 2.23. The fourth-order valence-corrected chi connectivity index (χ4v) is 4.22. The lowest BCUT2D eigenvalue weighted by molar-refractivity contribution is -0.144. The zero-order valence-corrected chi connectivity index (χ0v) is 13.6. The predicted molar refractivity (Wildman–Crippen MR) is 78.3 cm³/mol. The highest BCUT2D eigenvalue weighted by Gasteiger charge is 2.33. The fraction of sp³-hybridized carbons (Fsp3) is 0.714. The summed E-state index contributed by atoms with van der Waals surface area (Å²) in [4.78, 5) is 23.4. The Labute approximate surface area is 117 Å². The van der Waals surface area contributed by atoms with Gasteiger partial charge in [0.15, 0.2) is 0 Å². The summed E-state index contributed by atoms with van der Waals surface area (Å²) in [5.74, 6) is -0.855. The molecule has 19 heavy (non-hydrogen) atoms. The zero-order chi connectivity index (χ0) is 14.9. The van der Waals surface area contributed by atoms with Gasteiger partial charge in [0.25, 0.3) is 8.32 Å². The monoisotopic (exact) mass is 286 g/mol. The van der Waals surface area contributed by atoms with E-state index >= 15 is 0 Å². The smallest absolute Gasteiger partial charge is 0.320 e. The molecule has 0 aliphatic rings. The van der Waals surface area contributed by atoms with Gasteiger partial charge in [0.1, 0.15) is 0 Å². The van der Waals surface area contributed by atoms with Crippen LogP contribution in [0.4, 0.5) is 0 Å². The molecule has 0 fully saturated rings. The molecule has 0 unspecified atom stereocenters. The molecule has 110 valence electrons. The van der Waals surface area contributed by atoms with Crippen molar-refractivity contribution in [2.75, 3.05) is 6.61 Å². The van der Waals surface area contributed by atoms with E-state index in [1.54, 1.807) is 0 Å². The molecule has 0 heterocycles. The van der Waals surface area contributed by atoms with Crippen LogP contribution in [0.25, 0.3) is 0 Å². The molecule has 0 aromatic rings. The first-order chi connectivity index (χ1) is 8.94. The molecule has 0 spiro atoms. The molecule has 0 saturated carbocycles. The average Bonchev–Trinajstić information content (AvgIpc) is 2.42. The molecular formula is C14H26O4Si. The van der Waals surface area contributed by atoms with Crippen LogP contribution >= 0.6 is 0 Å². The Morgan fingerprint density at radius 2 is 1.58 bits per heavy atom. The average molecular weight is 286 g/mol. The second kappa shape index (κ2) is 8.91. The van der Waals surface area contributed by atoms with Gasteiger partial charge in [-0.3, -0.25) is 4.79 Å². The highest BCUT2D eigenvalue weighted by atomic mass is 28.4. The van der Waals surface area contributed by atoms with Crippen LogP contribution in [0.1, 0.15) is 40.5 Å². The molecular weight excluding hydrogens is 260 g/mol. The number of hydrogen-bond acceptors (Lipinski definition) is 4. The second-order valence-electron chi connectivity index (χ2n) is 4.63. The highest BCUT2D eigenvalue weighted by molar-refractivity contribution is 6.75. The van der Waals surface area contributed by atoms with Gasteiger partial charge in [0.05, 0.1) is 13.0 Å². The van der Waals surface area contributed by atoms with Crippen LogP contribution in [0, 0.1) is 0 Å². The van der Waals surface area contributed by atoms with Gasteiger partial charge >= 0.3 is 11.9 Å². The minimum absolute atomic E-state index is 0.0829. The van der Waals surface area contributed by atoms with Crippen LogP contribution in [0.2, 0.25) is 18.1 Å². The van der Waals surface area contributed by atoms with E-state index in [-0.39, 0.29) is 12.0 Å². The molecule has 0 aliphatic carbocycles. The molecule has 0 atom stereocenters. The van der Waals surface area contributed by atoms with Gasteiger partial charge in [0.2, 0.25) is 0 Å². The summed E-state index contributed by atoms with van der Waals surface area (Å²) in [6.07, 6.45) is 0.681. The lowest BCUT2D eigenvalue weighted by atomic mass is 10.2. The lowest BCUT2D eigenvalue weighted by Crippen LogP contribution is -2.38. The van der Waals surface area contributed by atoms with Crippen molar-refractivity contribution in [1.82, 2.24) is 0 Å². The molecule has 0 aromatic heterocycles. The molecule has 0 N–H and O–H groups in total. The van der Waals surface area contributed by atoms with Crippen molar-refractivity contribution < 1.29 is 18.8 Å². The van der Waals surface area contributed by atoms with E-state index in [2.05, 4.69) is 6.58 Å². The summed E-state index contributed by atoms with van der Waals surface area (Å²) in [7, 11) is -1.98. The Kier molecular flexibility index (Phi) is 8.39. The van der Waals surface area contributed by atoms with Crippen LogP contribution in [0.3, 0.4) is 0 Å². The Bertz CT molecular complexity index is 313. The van der Waals surface area contributed by atoms with Crippen molar-refractivity contribution in [2.24, 2.45) is 0 Å². The van der Waals surface area contributed by atoms with Crippen molar-refractivity contribution >= 4 is 20.3 Å². The van der Waals surface area contributed by atoms with E-state index in [0.29, 0.717) is 6.61 Å². The number of ether oxygens (including phenoxy) is 1. The molecule has 0 rings (SSSR count). The predicted octanol–water partition coefficient (Wildman–Crippen LogP) is 3.43. The van der Waals surface area contributed by atoms with E-state index in [9.17, 15) is 9.59 Å². The van der Waals surface area contributed by atoms with Crippen molar-refractivity contribution in [2.45, 2.75) is 58.7 Å². The third-order valence-corrected chi connectivity index (χ3v) is 7.84. The molecule has 0 radical (unpaired) electrons. The zero-order valence-electron chi connectivity index (χ0n) is 12.6. The Hall–Kier alpha value is -1.10. The molecule has 5 heteroatoms. The molecule has 0 aliphatic heterocycles. The van der Waals surface area contributed by atoms with Gasteiger partial charge in [-0.1, -0.05) is 34.3 Å². The first kappa shape index (κ1) is 17.9. The minimum atomic E-state index is -1.98. The third-order valence-electron chi connectivity index (χ3n) is 3.36.